The highest BCUT2D eigenvalue weighted by atomic mass is 15.3. The van der Waals surface area contributed by atoms with Crippen molar-refractivity contribution in [3.8, 4) is 5.69 Å². The summed E-state index contributed by atoms with van der Waals surface area (Å²) in [5.41, 5.74) is 5.35. The van der Waals surface area contributed by atoms with Crippen LogP contribution in [0.3, 0.4) is 0 Å². The number of hydrogen-bond donors (Lipinski definition) is 1. The molecule has 0 radical (unpaired) electrons. The Bertz CT molecular complexity index is 663. The zero-order valence-electron chi connectivity index (χ0n) is 14.1. The summed E-state index contributed by atoms with van der Waals surface area (Å²) in [5.74, 6) is 0. The second kappa shape index (κ2) is 6.10. The third kappa shape index (κ3) is 2.81. The zero-order valence-corrected chi connectivity index (χ0v) is 14.1. The monoisotopic (exact) mass is 310 g/mol. The quantitative estimate of drug-likeness (QED) is 0.946. The summed E-state index contributed by atoms with van der Waals surface area (Å²) in [6.45, 7) is 7.75. The molecular formula is C19H26N4. The topological polar surface area (TPSA) is 33.1 Å². The molecule has 2 aliphatic rings. The molecule has 2 bridgehead atoms. The van der Waals surface area contributed by atoms with Crippen molar-refractivity contribution in [2.75, 3.05) is 13.1 Å². The molecule has 4 rings (SSSR count). The molecule has 2 atom stereocenters. The lowest BCUT2D eigenvalue weighted by atomic mass is 10.0. The number of aromatic nitrogens is 2. The van der Waals surface area contributed by atoms with Gasteiger partial charge >= 0.3 is 0 Å². The Morgan fingerprint density at radius 3 is 2.87 bits per heavy atom. The first-order valence-electron chi connectivity index (χ1n) is 8.79. The molecule has 0 amide bonds. The maximum absolute atomic E-state index is 4.48. The van der Waals surface area contributed by atoms with Gasteiger partial charge in [0.05, 0.1) is 5.69 Å². The lowest BCUT2D eigenvalue weighted by molar-refractivity contribution is 0.193. The zero-order chi connectivity index (χ0) is 15.8. The Balaban J connectivity index is 1.71. The Labute approximate surface area is 138 Å². The van der Waals surface area contributed by atoms with Crippen molar-refractivity contribution < 1.29 is 0 Å². The summed E-state index contributed by atoms with van der Waals surface area (Å²) in [4.78, 5) is 2.74. The van der Waals surface area contributed by atoms with E-state index in [0.717, 1.165) is 25.7 Å². The van der Waals surface area contributed by atoms with Gasteiger partial charge < -0.3 is 5.32 Å². The molecule has 1 aromatic carbocycles. The van der Waals surface area contributed by atoms with Gasteiger partial charge in [-0.3, -0.25) is 4.90 Å². The summed E-state index contributed by atoms with van der Waals surface area (Å²) in [7, 11) is 0. The van der Waals surface area contributed by atoms with E-state index in [-0.39, 0.29) is 0 Å². The average Bonchev–Trinajstić information content (AvgIpc) is 3.09. The van der Waals surface area contributed by atoms with Crippen LogP contribution in [0.15, 0.2) is 30.6 Å². The first-order chi connectivity index (χ1) is 11.2. The minimum atomic E-state index is 0.689. The largest absolute Gasteiger partial charge is 0.315 e. The van der Waals surface area contributed by atoms with Crippen LogP contribution in [0.1, 0.15) is 36.0 Å². The van der Waals surface area contributed by atoms with Crippen LogP contribution in [-0.4, -0.2) is 39.9 Å². The van der Waals surface area contributed by atoms with Crippen LogP contribution in [0.2, 0.25) is 0 Å². The molecule has 4 nitrogen and oxygen atoms in total. The SMILES string of the molecule is Cc1cc(C)c(CN2[C@H]3CCNC[C@@H]2CC3)c(-n2cccn2)c1. The first-order valence-corrected chi connectivity index (χ1v) is 8.79. The van der Waals surface area contributed by atoms with Crippen LogP contribution < -0.4 is 5.32 Å². The summed E-state index contributed by atoms with van der Waals surface area (Å²) in [6.07, 6.45) is 7.88. The molecule has 2 aromatic rings. The summed E-state index contributed by atoms with van der Waals surface area (Å²) < 4.78 is 2.02. The van der Waals surface area contributed by atoms with Gasteiger partial charge in [-0.1, -0.05) is 6.07 Å². The fraction of sp³-hybridized carbons (Fsp3) is 0.526. The van der Waals surface area contributed by atoms with Crippen LogP contribution in [0, 0.1) is 13.8 Å². The van der Waals surface area contributed by atoms with Gasteiger partial charge in [-0.25, -0.2) is 4.68 Å². The Hall–Kier alpha value is -1.65. The van der Waals surface area contributed by atoms with E-state index >= 15 is 0 Å². The molecule has 0 spiro atoms. The summed E-state index contributed by atoms with van der Waals surface area (Å²) in [5, 5.41) is 8.08. The van der Waals surface area contributed by atoms with Gasteiger partial charge in [0.2, 0.25) is 0 Å². The van der Waals surface area contributed by atoms with Crippen molar-refractivity contribution >= 4 is 0 Å². The molecule has 2 aliphatic heterocycles. The van der Waals surface area contributed by atoms with Crippen LogP contribution in [0.25, 0.3) is 5.69 Å². The molecule has 23 heavy (non-hydrogen) atoms. The van der Waals surface area contributed by atoms with Gasteiger partial charge in [-0.15, -0.1) is 0 Å². The summed E-state index contributed by atoms with van der Waals surface area (Å²) >= 11 is 0. The van der Waals surface area contributed by atoms with Crippen LogP contribution in [-0.2, 0) is 6.54 Å². The molecule has 1 aromatic heterocycles. The molecule has 1 N–H and O–H groups in total. The van der Waals surface area contributed by atoms with Gasteiger partial charge in [0.25, 0.3) is 0 Å². The number of rotatable bonds is 3. The fourth-order valence-corrected chi connectivity index (χ4v) is 4.32. The summed E-state index contributed by atoms with van der Waals surface area (Å²) in [6, 6.07) is 8.00. The second-order valence-corrected chi connectivity index (χ2v) is 7.08. The highest BCUT2D eigenvalue weighted by Crippen LogP contribution is 2.32. The number of aryl methyl sites for hydroxylation is 2. The van der Waals surface area contributed by atoms with Gasteiger partial charge in [-0.05, 0) is 68.5 Å². The first kappa shape index (κ1) is 14.9. The smallest absolute Gasteiger partial charge is 0.0695 e. The van der Waals surface area contributed by atoms with Crippen molar-refractivity contribution in [2.45, 2.75) is 51.7 Å². The van der Waals surface area contributed by atoms with Gasteiger partial charge in [0, 0.05) is 37.6 Å². The Kier molecular flexibility index (Phi) is 3.95. The highest BCUT2D eigenvalue weighted by Gasteiger charge is 2.35. The number of nitrogens with zero attached hydrogens (tertiary/aromatic N) is 3. The molecule has 2 saturated heterocycles. The van der Waals surface area contributed by atoms with Crippen LogP contribution in [0.4, 0.5) is 0 Å². The molecule has 122 valence electrons. The van der Waals surface area contributed by atoms with Gasteiger partial charge in [0.15, 0.2) is 0 Å². The minimum Gasteiger partial charge on any atom is -0.315 e. The van der Waals surface area contributed by atoms with E-state index in [2.05, 4.69) is 47.5 Å². The van der Waals surface area contributed by atoms with Gasteiger partial charge in [0.1, 0.15) is 0 Å². The average molecular weight is 310 g/mol. The molecule has 0 saturated carbocycles. The molecule has 3 heterocycles. The fourth-order valence-electron chi connectivity index (χ4n) is 4.32. The highest BCUT2D eigenvalue weighted by molar-refractivity contribution is 5.48. The molecule has 4 heteroatoms. The van der Waals surface area contributed by atoms with E-state index in [0.29, 0.717) is 6.04 Å². The maximum atomic E-state index is 4.48. The van der Waals surface area contributed by atoms with E-state index in [9.17, 15) is 0 Å². The third-order valence-electron chi connectivity index (χ3n) is 5.49. The van der Waals surface area contributed by atoms with Crippen molar-refractivity contribution in [2.24, 2.45) is 0 Å². The van der Waals surface area contributed by atoms with E-state index in [1.807, 2.05) is 16.9 Å². The van der Waals surface area contributed by atoms with Gasteiger partial charge in [-0.2, -0.15) is 5.10 Å². The lowest BCUT2D eigenvalue weighted by Gasteiger charge is -2.29. The molecular weight excluding hydrogens is 284 g/mol. The molecule has 0 unspecified atom stereocenters. The number of nitrogens with one attached hydrogen (secondary N) is 1. The Morgan fingerprint density at radius 2 is 2.04 bits per heavy atom. The predicted octanol–water partition coefficient (Wildman–Crippen LogP) is 2.82. The maximum Gasteiger partial charge on any atom is 0.0695 e. The standard InChI is InChI=1S/C19H26N4/c1-14-10-15(2)18(19(11-14)23-9-3-7-21-23)13-22-16-4-5-17(22)12-20-8-6-16/h3,7,9-11,16-17,20H,4-6,8,12-13H2,1-2H3/t16-,17+/m1/s1. The van der Waals surface area contributed by atoms with Crippen molar-refractivity contribution in [1.29, 1.82) is 0 Å². The van der Waals surface area contributed by atoms with E-state index in [1.54, 1.807) is 0 Å². The normalized spacial score (nSPS) is 24.8. The number of hydrogen-bond acceptors (Lipinski definition) is 3. The number of benzene rings is 1. The molecule has 0 aliphatic carbocycles. The predicted molar refractivity (Wildman–Crippen MR) is 92.9 cm³/mol. The van der Waals surface area contributed by atoms with Crippen molar-refractivity contribution in [3.63, 3.8) is 0 Å². The van der Waals surface area contributed by atoms with E-state index in [1.165, 1.54) is 41.6 Å². The van der Waals surface area contributed by atoms with E-state index in [4.69, 9.17) is 0 Å². The van der Waals surface area contributed by atoms with Crippen molar-refractivity contribution in [1.82, 2.24) is 20.0 Å². The van der Waals surface area contributed by atoms with Crippen molar-refractivity contribution in [3.05, 3.63) is 47.3 Å². The molecule has 2 fully saturated rings. The Morgan fingerprint density at radius 1 is 1.17 bits per heavy atom. The lowest BCUT2D eigenvalue weighted by Crippen LogP contribution is -2.37. The third-order valence-corrected chi connectivity index (χ3v) is 5.49. The van der Waals surface area contributed by atoms with Crippen LogP contribution >= 0.6 is 0 Å². The van der Waals surface area contributed by atoms with E-state index < -0.39 is 0 Å². The van der Waals surface area contributed by atoms with Crippen LogP contribution in [0.5, 0.6) is 0 Å². The second-order valence-electron chi connectivity index (χ2n) is 7.08. The number of fused-ring (bicyclic) bond motifs is 2. The minimum absolute atomic E-state index is 0.689.